The van der Waals surface area contributed by atoms with Crippen LogP contribution in [0.1, 0.15) is 11.1 Å². The van der Waals surface area contributed by atoms with Crippen molar-refractivity contribution in [3.63, 3.8) is 0 Å². The van der Waals surface area contributed by atoms with Crippen molar-refractivity contribution in [2.75, 3.05) is 21.2 Å². The molecule has 0 aliphatic heterocycles. The van der Waals surface area contributed by atoms with Crippen LogP contribution in [0.3, 0.4) is 0 Å². The number of nitrogens with zero attached hydrogens (tertiary/aromatic N) is 1. The van der Waals surface area contributed by atoms with Gasteiger partial charge in [0.2, 0.25) is 10.0 Å². The molecule has 0 unspecified atom stereocenters. The number of sulfonamides is 1. The van der Waals surface area contributed by atoms with Crippen LogP contribution in [0.25, 0.3) is 0 Å². The molecule has 2 aromatic rings. The van der Waals surface area contributed by atoms with Crippen molar-refractivity contribution in [3.05, 3.63) is 59.7 Å². The Labute approximate surface area is 154 Å². The van der Waals surface area contributed by atoms with Crippen molar-refractivity contribution < 1.29 is 13.2 Å². The second-order valence-electron chi connectivity index (χ2n) is 5.45. The van der Waals surface area contributed by atoms with Gasteiger partial charge in [-0.05, 0) is 30.8 Å². The van der Waals surface area contributed by atoms with Crippen molar-refractivity contribution in [1.29, 1.82) is 0 Å². The van der Waals surface area contributed by atoms with E-state index < -0.39 is 10.0 Å². The molecule has 2 rings (SSSR count). The van der Waals surface area contributed by atoms with Crippen LogP contribution in [-0.2, 0) is 23.1 Å². The Morgan fingerprint density at radius 1 is 1.08 bits per heavy atom. The van der Waals surface area contributed by atoms with Gasteiger partial charge in [-0.2, -0.15) is 0 Å². The Morgan fingerprint density at radius 2 is 1.81 bits per heavy atom. The number of para-hydroxylation sites is 1. The van der Waals surface area contributed by atoms with E-state index >= 15 is 0 Å². The number of benzene rings is 2. The molecule has 0 aromatic heterocycles. The monoisotopic (exact) mass is 376 g/mol. The van der Waals surface area contributed by atoms with Gasteiger partial charge in [-0.1, -0.05) is 30.3 Å². The lowest BCUT2D eigenvalue weighted by Crippen LogP contribution is -2.36. The summed E-state index contributed by atoms with van der Waals surface area (Å²) >= 11 is 0. The van der Waals surface area contributed by atoms with E-state index in [0.29, 0.717) is 19.0 Å². The highest BCUT2D eigenvalue weighted by Crippen LogP contribution is 2.16. The molecule has 0 radical (unpaired) electrons. The normalized spacial score (nSPS) is 11.9. The topological polar surface area (TPSA) is 91.8 Å². The highest BCUT2D eigenvalue weighted by Gasteiger charge is 2.11. The van der Waals surface area contributed by atoms with Crippen LogP contribution in [0.15, 0.2) is 58.4 Å². The third-order valence-corrected chi connectivity index (χ3v) is 5.21. The van der Waals surface area contributed by atoms with Crippen LogP contribution in [-0.4, -0.2) is 35.6 Å². The zero-order valence-corrected chi connectivity index (χ0v) is 15.9. The number of nitrogens with one attached hydrogen (secondary N) is 3. The lowest BCUT2D eigenvalue weighted by atomic mass is 10.2. The molecule has 0 heterocycles. The highest BCUT2D eigenvalue weighted by atomic mass is 32.2. The van der Waals surface area contributed by atoms with Gasteiger partial charge in [-0.3, -0.25) is 4.99 Å². The van der Waals surface area contributed by atoms with E-state index in [4.69, 9.17) is 4.74 Å². The number of methoxy groups -OCH3 is 1. The Hall–Kier alpha value is -2.58. The molecule has 0 saturated heterocycles. The molecule has 0 aliphatic rings. The van der Waals surface area contributed by atoms with E-state index in [2.05, 4.69) is 20.3 Å². The molecule has 26 heavy (non-hydrogen) atoms. The summed E-state index contributed by atoms with van der Waals surface area (Å²) in [5.74, 6) is 1.42. The van der Waals surface area contributed by atoms with E-state index in [1.807, 2.05) is 30.3 Å². The lowest BCUT2D eigenvalue weighted by Gasteiger charge is -2.14. The molecule has 0 aliphatic carbocycles. The summed E-state index contributed by atoms with van der Waals surface area (Å²) in [5.41, 5.74) is 1.85. The molecule has 2 aromatic carbocycles. The molecule has 0 fully saturated rings. The van der Waals surface area contributed by atoms with Gasteiger partial charge in [-0.15, -0.1) is 0 Å². The molecule has 3 N–H and O–H groups in total. The van der Waals surface area contributed by atoms with E-state index in [1.54, 1.807) is 32.4 Å². The lowest BCUT2D eigenvalue weighted by molar-refractivity contribution is 0.409. The van der Waals surface area contributed by atoms with Gasteiger partial charge in [-0.25, -0.2) is 13.1 Å². The fourth-order valence-corrected chi connectivity index (χ4v) is 3.17. The number of hydrogen-bond donors (Lipinski definition) is 3. The van der Waals surface area contributed by atoms with E-state index in [1.165, 1.54) is 7.05 Å². The standard InChI is InChI=1S/C18H24N4O3S/c1-19-18(22-13-15-8-4-5-10-17(15)25-3)21-12-14-7-6-9-16(11-14)26(23,24)20-2/h4-11,20H,12-13H2,1-3H3,(H2,19,21,22). The molecule has 7 nitrogen and oxygen atoms in total. The van der Waals surface area contributed by atoms with Crippen LogP contribution >= 0.6 is 0 Å². The summed E-state index contributed by atoms with van der Waals surface area (Å²) in [7, 11) is 1.25. The maximum atomic E-state index is 11.9. The average molecular weight is 376 g/mol. The minimum absolute atomic E-state index is 0.233. The number of ether oxygens (including phenoxy) is 1. The summed E-state index contributed by atoms with van der Waals surface area (Å²) < 4.78 is 31.4. The fraction of sp³-hybridized carbons (Fsp3) is 0.278. The first-order valence-corrected chi connectivity index (χ1v) is 9.57. The first-order chi connectivity index (χ1) is 12.5. The molecule has 0 atom stereocenters. The molecule has 0 bridgehead atoms. The summed E-state index contributed by atoms with van der Waals surface area (Å²) in [6, 6.07) is 14.5. The Bertz CT molecular complexity index is 866. The molecular weight excluding hydrogens is 352 g/mol. The van der Waals surface area contributed by atoms with Gasteiger partial charge in [0.15, 0.2) is 5.96 Å². The van der Waals surface area contributed by atoms with Crippen molar-refractivity contribution in [3.8, 4) is 5.75 Å². The largest absolute Gasteiger partial charge is 0.496 e. The highest BCUT2D eigenvalue weighted by molar-refractivity contribution is 7.89. The molecule has 0 amide bonds. The zero-order chi connectivity index (χ0) is 19.0. The van der Waals surface area contributed by atoms with Crippen molar-refractivity contribution in [1.82, 2.24) is 15.4 Å². The second-order valence-corrected chi connectivity index (χ2v) is 7.33. The predicted octanol–water partition coefficient (Wildman–Crippen LogP) is 1.47. The third kappa shape index (κ3) is 5.21. The van der Waals surface area contributed by atoms with Gasteiger partial charge in [0.1, 0.15) is 5.75 Å². The van der Waals surface area contributed by atoms with Gasteiger partial charge < -0.3 is 15.4 Å². The Balaban J connectivity index is 1.98. The molecular formula is C18H24N4O3S. The first kappa shape index (κ1) is 19.7. The van der Waals surface area contributed by atoms with Gasteiger partial charge in [0.05, 0.1) is 12.0 Å². The molecule has 0 saturated carbocycles. The predicted molar refractivity (Wildman–Crippen MR) is 103 cm³/mol. The van der Waals surface area contributed by atoms with Gasteiger partial charge >= 0.3 is 0 Å². The maximum Gasteiger partial charge on any atom is 0.240 e. The number of guanidine groups is 1. The molecule has 140 valence electrons. The summed E-state index contributed by atoms with van der Waals surface area (Å²) in [6.07, 6.45) is 0. The van der Waals surface area contributed by atoms with Gasteiger partial charge in [0, 0.05) is 25.7 Å². The summed E-state index contributed by atoms with van der Waals surface area (Å²) in [6.45, 7) is 0.997. The van der Waals surface area contributed by atoms with E-state index in [9.17, 15) is 8.42 Å². The number of rotatable bonds is 7. The van der Waals surface area contributed by atoms with Crippen molar-refractivity contribution in [2.24, 2.45) is 4.99 Å². The van der Waals surface area contributed by atoms with Crippen LogP contribution in [0, 0.1) is 0 Å². The summed E-state index contributed by atoms with van der Waals surface area (Å²) in [4.78, 5) is 4.42. The van der Waals surface area contributed by atoms with Crippen LogP contribution in [0.2, 0.25) is 0 Å². The smallest absolute Gasteiger partial charge is 0.240 e. The zero-order valence-electron chi connectivity index (χ0n) is 15.1. The van der Waals surface area contributed by atoms with Crippen molar-refractivity contribution in [2.45, 2.75) is 18.0 Å². The fourth-order valence-electron chi connectivity index (χ4n) is 2.37. The number of aliphatic imine (C=N–C) groups is 1. The maximum absolute atomic E-state index is 11.9. The van der Waals surface area contributed by atoms with Crippen LogP contribution < -0.4 is 20.1 Å². The van der Waals surface area contributed by atoms with Crippen molar-refractivity contribution >= 4 is 16.0 Å². The first-order valence-electron chi connectivity index (χ1n) is 8.09. The summed E-state index contributed by atoms with van der Waals surface area (Å²) in [5, 5.41) is 6.39. The van der Waals surface area contributed by atoms with Crippen LogP contribution in [0.4, 0.5) is 0 Å². The minimum atomic E-state index is -3.46. The SMILES string of the molecule is CN=C(NCc1cccc(S(=O)(=O)NC)c1)NCc1ccccc1OC. The quantitative estimate of drug-likeness (QED) is 0.503. The van der Waals surface area contributed by atoms with Crippen LogP contribution in [0.5, 0.6) is 5.75 Å². The Morgan fingerprint density at radius 3 is 2.50 bits per heavy atom. The Kier molecular flexibility index (Phi) is 6.99. The van der Waals surface area contributed by atoms with E-state index in [0.717, 1.165) is 16.9 Å². The average Bonchev–Trinajstić information content (AvgIpc) is 2.68. The van der Waals surface area contributed by atoms with Gasteiger partial charge in [0.25, 0.3) is 0 Å². The minimum Gasteiger partial charge on any atom is -0.496 e. The van der Waals surface area contributed by atoms with E-state index in [-0.39, 0.29) is 4.90 Å². The third-order valence-electron chi connectivity index (χ3n) is 3.80. The molecule has 0 spiro atoms. The second kappa shape index (κ2) is 9.21. The molecule has 8 heteroatoms. The number of hydrogen-bond acceptors (Lipinski definition) is 4.